The summed E-state index contributed by atoms with van der Waals surface area (Å²) in [6.07, 6.45) is 4.09. The van der Waals surface area contributed by atoms with Crippen LogP contribution >= 0.6 is 0 Å². The molecule has 1 saturated carbocycles. The molecule has 1 N–H and O–H groups in total. The average Bonchev–Trinajstić information content (AvgIpc) is 3.53. The van der Waals surface area contributed by atoms with Crippen molar-refractivity contribution >= 4 is 33.2 Å². The van der Waals surface area contributed by atoms with Gasteiger partial charge in [-0.05, 0) is 61.2 Å². The van der Waals surface area contributed by atoms with Crippen LogP contribution in [0, 0.1) is 10.1 Å². The molecule has 0 saturated heterocycles. The van der Waals surface area contributed by atoms with Crippen LogP contribution in [-0.2, 0) is 26.2 Å². The molecule has 12 heteroatoms. The fourth-order valence-electron chi connectivity index (χ4n) is 5.24. The normalized spacial score (nSPS) is 14.1. The fraction of sp³-hybridized carbons (Fsp3) is 0.355. The largest absolute Gasteiger partial charge is 0.497 e. The number of sulfonamides is 1. The SMILES string of the molecule is CC[C@H](C(=O)NC1CCCC1)N(Cc1cccc(OC)c1)C(=O)CN(c1ccc([N+](=O)[O-])cc1)S(=O)(=O)c1ccccc1. The van der Waals surface area contributed by atoms with Crippen molar-refractivity contribution in [2.24, 2.45) is 0 Å². The lowest BCUT2D eigenvalue weighted by molar-refractivity contribution is -0.384. The maximum atomic E-state index is 14.2. The molecule has 2 amide bonds. The van der Waals surface area contributed by atoms with Gasteiger partial charge in [-0.2, -0.15) is 0 Å². The molecule has 228 valence electrons. The molecule has 1 aliphatic carbocycles. The Morgan fingerprint density at radius 1 is 1.02 bits per heavy atom. The molecule has 43 heavy (non-hydrogen) atoms. The van der Waals surface area contributed by atoms with Crippen molar-refractivity contribution in [3.05, 3.63) is 94.5 Å². The molecule has 3 aromatic carbocycles. The summed E-state index contributed by atoms with van der Waals surface area (Å²) in [5, 5.41) is 14.3. The minimum atomic E-state index is -4.28. The van der Waals surface area contributed by atoms with E-state index in [0.717, 1.165) is 30.0 Å². The van der Waals surface area contributed by atoms with Gasteiger partial charge in [0.15, 0.2) is 0 Å². The predicted octanol–water partition coefficient (Wildman–Crippen LogP) is 4.66. The van der Waals surface area contributed by atoms with Gasteiger partial charge >= 0.3 is 0 Å². The molecule has 0 heterocycles. The number of carbonyl (C=O) groups is 2. The lowest BCUT2D eigenvalue weighted by Crippen LogP contribution is -2.53. The van der Waals surface area contributed by atoms with Crippen molar-refractivity contribution < 1.29 is 27.7 Å². The van der Waals surface area contributed by atoms with Crippen LogP contribution in [0.15, 0.2) is 83.8 Å². The van der Waals surface area contributed by atoms with Gasteiger partial charge in [-0.3, -0.25) is 24.0 Å². The molecule has 0 bridgehead atoms. The van der Waals surface area contributed by atoms with E-state index < -0.39 is 33.4 Å². The van der Waals surface area contributed by atoms with E-state index in [1.165, 1.54) is 48.4 Å². The Bertz CT molecular complexity index is 1530. The summed E-state index contributed by atoms with van der Waals surface area (Å²) in [7, 11) is -2.75. The zero-order valence-corrected chi connectivity index (χ0v) is 25.0. The second-order valence-corrected chi connectivity index (χ2v) is 12.2. The highest BCUT2D eigenvalue weighted by molar-refractivity contribution is 7.92. The van der Waals surface area contributed by atoms with Crippen LogP contribution in [0.4, 0.5) is 11.4 Å². The van der Waals surface area contributed by atoms with E-state index >= 15 is 0 Å². The number of methoxy groups -OCH3 is 1. The van der Waals surface area contributed by atoms with Gasteiger partial charge in [-0.15, -0.1) is 0 Å². The monoisotopic (exact) mass is 608 g/mol. The summed E-state index contributed by atoms with van der Waals surface area (Å²) in [5.41, 5.74) is 0.557. The number of amides is 2. The van der Waals surface area contributed by atoms with Crippen LogP contribution in [0.2, 0.25) is 0 Å². The lowest BCUT2D eigenvalue weighted by Gasteiger charge is -2.33. The maximum Gasteiger partial charge on any atom is 0.269 e. The average molecular weight is 609 g/mol. The molecule has 4 rings (SSSR count). The minimum Gasteiger partial charge on any atom is -0.497 e. The van der Waals surface area contributed by atoms with E-state index in [-0.39, 0.29) is 34.8 Å². The molecule has 11 nitrogen and oxygen atoms in total. The van der Waals surface area contributed by atoms with Gasteiger partial charge in [0.2, 0.25) is 11.8 Å². The number of anilines is 1. The van der Waals surface area contributed by atoms with Crippen molar-refractivity contribution in [1.82, 2.24) is 10.2 Å². The third-order valence-electron chi connectivity index (χ3n) is 7.53. The van der Waals surface area contributed by atoms with Crippen LogP contribution < -0.4 is 14.4 Å². The molecule has 0 aliphatic heterocycles. The van der Waals surface area contributed by atoms with Gasteiger partial charge in [0.05, 0.1) is 22.6 Å². The van der Waals surface area contributed by atoms with Crippen LogP contribution in [-0.4, -0.2) is 55.8 Å². The highest BCUT2D eigenvalue weighted by Crippen LogP contribution is 2.27. The first-order chi connectivity index (χ1) is 20.6. The Morgan fingerprint density at radius 3 is 2.30 bits per heavy atom. The first-order valence-electron chi connectivity index (χ1n) is 14.2. The summed E-state index contributed by atoms with van der Waals surface area (Å²) in [6, 6.07) is 18.9. The zero-order chi connectivity index (χ0) is 31.0. The maximum absolute atomic E-state index is 14.2. The first kappa shape index (κ1) is 31.5. The number of carbonyl (C=O) groups excluding carboxylic acids is 2. The van der Waals surface area contributed by atoms with Crippen LogP contribution in [0.5, 0.6) is 5.75 Å². The number of ether oxygens (including phenoxy) is 1. The van der Waals surface area contributed by atoms with Gasteiger partial charge in [-0.1, -0.05) is 50.1 Å². The van der Waals surface area contributed by atoms with Gasteiger partial charge in [0, 0.05) is 24.7 Å². The summed E-state index contributed by atoms with van der Waals surface area (Å²) >= 11 is 0. The van der Waals surface area contributed by atoms with Crippen molar-refractivity contribution in [1.29, 1.82) is 0 Å². The first-order valence-corrected chi connectivity index (χ1v) is 15.6. The highest BCUT2D eigenvalue weighted by atomic mass is 32.2. The van der Waals surface area contributed by atoms with E-state index in [0.29, 0.717) is 17.7 Å². The molecular formula is C31H36N4O7S. The molecule has 1 aliphatic rings. The number of nitrogens with one attached hydrogen (secondary N) is 1. The number of hydrogen-bond donors (Lipinski definition) is 1. The van der Waals surface area contributed by atoms with E-state index in [4.69, 9.17) is 4.74 Å². The Morgan fingerprint density at radius 2 is 1.70 bits per heavy atom. The van der Waals surface area contributed by atoms with Gasteiger partial charge in [-0.25, -0.2) is 8.42 Å². The molecule has 0 aromatic heterocycles. The van der Waals surface area contributed by atoms with Crippen molar-refractivity contribution in [3.8, 4) is 5.75 Å². The van der Waals surface area contributed by atoms with Gasteiger partial charge in [0.1, 0.15) is 18.3 Å². The number of hydrogen-bond acceptors (Lipinski definition) is 7. The third kappa shape index (κ3) is 7.69. The van der Waals surface area contributed by atoms with Crippen LogP contribution in [0.3, 0.4) is 0 Å². The Labute approximate surface area is 251 Å². The van der Waals surface area contributed by atoms with E-state index in [2.05, 4.69) is 5.32 Å². The smallest absolute Gasteiger partial charge is 0.269 e. The molecule has 1 atom stereocenters. The summed E-state index contributed by atoms with van der Waals surface area (Å²) in [6.45, 7) is 1.21. The second kappa shape index (κ2) is 14.1. The van der Waals surface area contributed by atoms with Crippen molar-refractivity contribution in [3.63, 3.8) is 0 Å². The lowest BCUT2D eigenvalue weighted by atomic mass is 10.1. The summed E-state index contributed by atoms with van der Waals surface area (Å²) in [4.78, 5) is 39.7. The van der Waals surface area contributed by atoms with Crippen LogP contribution in [0.25, 0.3) is 0 Å². The minimum absolute atomic E-state index is 0.0328. The van der Waals surface area contributed by atoms with Crippen molar-refractivity contribution in [2.45, 2.75) is 62.6 Å². The van der Waals surface area contributed by atoms with Crippen LogP contribution in [0.1, 0.15) is 44.6 Å². The number of non-ortho nitro benzene ring substituents is 1. The Hall–Kier alpha value is -4.45. The number of nitro benzene ring substituents is 1. The zero-order valence-electron chi connectivity index (χ0n) is 24.2. The fourth-order valence-corrected chi connectivity index (χ4v) is 6.68. The van der Waals surface area contributed by atoms with Gasteiger partial charge < -0.3 is 15.0 Å². The quantitative estimate of drug-likeness (QED) is 0.220. The highest BCUT2D eigenvalue weighted by Gasteiger charge is 2.34. The molecule has 0 unspecified atom stereocenters. The molecular weight excluding hydrogens is 572 g/mol. The number of nitro groups is 1. The van der Waals surface area contributed by atoms with Gasteiger partial charge in [0.25, 0.3) is 15.7 Å². The second-order valence-electron chi connectivity index (χ2n) is 10.4. The third-order valence-corrected chi connectivity index (χ3v) is 9.32. The predicted molar refractivity (Wildman–Crippen MR) is 162 cm³/mol. The Balaban J connectivity index is 1.72. The van der Waals surface area contributed by atoms with E-state index in [1.54, 1.807) is 49.4 Å². The number of rotatable bonds is 13. The number of nitrogens with zero attached hydrogens (tertiary/aromatic N) is 3. The summed E-state index contributed by atoms with van der Waals surface area (Å²) in [5.74, 6) is -0.319. The standard InChI is InChI=1S/C31H36N4O7S/c1-3-29(31(37)32-24-11-7-8-12-24)33(21-23-10-9-13-27(20-23)42-2)30(36)22-34(25-16-18-26(19-17-25)35(38)39)43(40,41)28-14-5-4-6-15-28/h4-6,9-10,13-20,24,29H,3,7-8,11-12,21-22H2,1-2H3,(H,32,37)/t29-/m1/s1. The van der Waals surface area contributed by atoms with E-state index in [1.807, 2.05) is 0 Å². The van der Waals surface area contributed by atoms with E-state index in [9.17, 15) is 28.1 Å². The molecule has 3 aromatic rings. The molecule has 0 spiro atoms. The number of benzene rings is 3. The summed E-state index contributed by atoms with van der Waals surface area (Å²) < 4.78 is 34.0. The topological polar surface area (TPSA) is 139 Å². The molecule has 0 radical (unpaired) electrons. The van der Waals surface area contributed by atoms with Crippen molar-refractivity contribution in [2.75, 3.05) is 18.0 Å². The Kier molecular flexibility index (Phi) is 10.4. The molecule has 1 fully saturated rings.